The Morgan fingerprint density at radius 2 is 1.56 bits per heavy atom. The van der Waals surface area contributed by atoms with Crippen molar-refractivity contribution in [1.29, 1.82) is 0 Å². The molecule has 0 radical (unpaired) electrons. The summed E-state index contributed by atoms with van der Waals surface area (Å²) in [4.78, 5) is 4.79. The predicted molar refractivity (Wildman–Crippen MR) is 149 cm³/mol. The van der Waals surface area contributed by atoms with E-state index in [1.54, 1.807) is 0 Å². The first-order chi connectivity index (χ1) is 16.7. The Bertz CT molecular complexity index is 795. The highest BCUT2D eigenvalue weighted by atomic mass is 14.7. The number of benzene rings is 1. The number of unbranched alkanes of at least 4 members (excludes halogenated alkanes) is 6. The SMILES string of the molecule is C=CCC(c1ccc(-c2ccc(CCCCCCC)cn2)cc1)C1CCC(CCCCC)CC1. The van der Waals surface area contributed by atoms with Gasteiger partial charge in [0.1, 0.15) is 0 Å². The second-order valence-electron chi connectivity index (χ2n) is 10.7. The number of aromatic nitrogens is 1. The number of allylic oxidation sites excluding steroid dienone is 1. The highest BCUT2D eigenvalue weighted by Crippen LogP contribution is 2.41. The molecule has 3 rings (SSSR count). The van der Waals surface area contributed by atoms with Crippen LogP contribution in [0.4, 0.5) is 0 Å². The Morgan fingerprint density at radius 3 is 2.21 bits per heavy atom. The summed E-state index contributed by atoms with van der Waals surface area (Å²) in [5, 5.41) is 0. The van der Waals surface area contributed by atoms with Crippen molar-refractivity contribution in [2.24, 2.45) is 11.8 Å². The van der Waals surface area contributed by atoms with Gasteiger partial charge in [0.05, 0.1) is 5.69 Å². The van der Waals surface area contributed by atoms with Crippen LogP contribution in [-0.2, 0) is 6.42 Å². The summed E-state index contributed by atoms with van der Waals surface area (Å²) in [7, 11) is 0. The number of rotatable bonds is 15. The van der Waals surface area contributed by atoms with Gasteiger partial charge in [-0.2, -0.15) is 0 Å². The number of nitrogens with zero attached hydrogens (tertiary/aromatic N) is 1. The summed E-state index contributed by atoms with van der Waals surface area (Å²) in [6.07, 6.45) is 24.4. The standard InChI is InChI=1S/C33H49N/c1-4-7-9-10-12-15-28-18-25-33(34-26-28)31-23-21-30(22-24-31)32(13-6-3)29-19-16-27(17-20-29)14-11-8-5-2/h6,18,21-27,29,32H,3-5,7-17,19-20H2,1-2H3. The maximum absolute atomic E-state index is 4.79. The van der Waals surface area contributed by atoms with Crippen molar-refractivity contribution in [2.45, 2.75) is 116 Å². The van der Waals surface area contributed by atoms with Crippen LogP contribution in [0.15, 0.2) is 55.3 Å². The van der Waals surface area contributed by atoms with E-state index >= 15 is 0 Å². The second-order valence-corrected chi connectivity index (χ2v) is 10.7. The Labute approximate surface area is 210 Å². The molecule has 1 nitrogen and oxygen atoms in total. The molecule has 34 heavy (non-hydrogen) atoms. The zero-order valence-electron chi connectivity index (χ0n) is 22.1. The van der Waals surface area contributed by atoms with E-state index in [4.69, 9.17) is 4.98 Å². The number of hydrogen-bond donors (Lipinski definition) is 0. The lowest BCUT2D eigenvalue weighted by Crippen LogP contribution is -2.20. The maximum atomic E-state index is 4.79. The van der Waals surface area contributed by atoms with Gasteiger partial charge in [-0.25, -0.2) is 0 Å². The number of aryl methyl sites for hydroxylation is 1. The maximum Gasteiger partial charge on any atom is 0.0702 e. The largest absolute Gasteiger partial charge is 0.256 e. The Balaban J connectivity index is 1.55. The molecule has 0 aliphatic heterocycles. The highest BCUT2D eigenvalue weighted by Gasteiger charge is 2.27. The van der Waals surface area contributed by atoms with Crippen LogP contribution >= 0.6 is 0 Å². The van der Waals surface area contributed by atoms with Gasteiger partial charge in [0.25, 0.3) is 0 Å². The van der Waals surface area contributed by atoms with Crippen molar-refractivity contribution in [2.75, 3.05) is 0 Å². The van der Waals surface area contributed by atoms with Crippen molar-refractivity contribution < 1.29 is 0 Å². The quantitative estimate of drug-likeness (QED) is 0.191. The molecule has 1 aliphatic carbocycles. The zero-order chi connectivity index (χ0) is 24.0. The summed E-state index contributed by atoms with van der Waals surface area (Å²) >= 11 is 0. The predicted octanol–water partition coefficient (Wildman–Crippen LogP) is 10.3. The van der Waals surface area contributed by atoms with Crippen LogP contribution in [0.3, 0.4) is 0 Å². The van der Waals surface area contributed by atoms with E-state index in [2.05, 4.69) is 69.1 Å². The minimum absolute atomic E-state index is 0.617. The van der Waals surface area contributed by atoms with Crippen molar-refractivity contribution in [3.8, 4) is 11.3 Å². The van der Waals surface area contributed by atoms with E-state index in [0.717, 1.165) is 30.4 Å². The normalized spacial score (nSPS) is 19.1. The van der Waals surface area contributed by atoms with Crippen LogP contribution in [0.2, 0.25) is 0 Å². The van der Waals surface area contributed by atoms with Gasteiger partial charge in [0.2, 0.25) is 0 Å². The molecule has 1 aromatic heterocycles. The van der Waals surface area contributed by atoms with E-state index in [9.17, 15) is 0 Å². The van der Waals surface area contributed by atoms with Crippen molar-refractivity contribution in [3.05, 3.63) is 66.4 Å². The highest BCUT2D eigenvalue weighted by molar-refractivity contribution is 5.59. The molecule has 0 amide bonds. The molecule has 2 aromatic rings. The molecule has 1 atom stereocenters. The van der Waals surface area contributed by atoms with E-state index in [1.165, 1.54) is 100 Å². The van der Waals surface area contributed by atoms with Crippen LogP contribution in [0.1, 0.15) is 121 Å². The molecular formula is C33H49N. The van der Waals surface area contributed by atoms with Crippen LogP contribution < -0.4 is 0 Å². The Kier molecular flexibility index (Phi) is 11.9. The van der Waals surface area contributed by atoms with Crippen molar-refractivity contribution in [1.82, 2.24) is 4.98 Å². The summed E-state index contributed by atoms with van der Waals surface area (Å²) in [5.74, 6) is 2.40. The fraction of sp³-hybridized carbons (Fsp3) is 0.606. The molecule has 1 aliphatic rings. The van der Waals surface area contributed by atoms with Crippen molar-refractivity contribution >= 4 is 0 Å². The van der Waals surface area contributed by atoms with E-state index in [0.29, 0.717) is 5.92 Å². The minimum Gasteiger partial charge on any atom is -0.256 e. The smallest absolute Gasteiger partial charge is 0.0702 e. The van der Waals surface area contributed by atoms with Gasteiger partial charge in [-0.3, -0.25) is 4.98 Å². The van der Waals surface area contributed by atoms with Gasteiger partial charge in [-0.1, -0.05) is 114 Å². The lowest BCUT2D eigenvalue weighted by atomic mass is 9.71. The molecule has 0 spiro atoms. The summed E-state index contributed by atoms with van der Waals surface area (Å²) in [5.41, 5.74) is 5.18. The molecular weight excluding hydrogens is 410 g/mol. The monoisotopic (exact) mass is 459 g/mol. The first-order valence-electron chi connectivity index (χ1n) is 14.4. The third-order valence-electron chi connectivity index (χ3n) is 8.13. The molecule has 186 valence electrons. The van der Waals surface area contributed by atoms with Gasteiger partial charge in [0.15, 0.2) is 0 Å². The number of pyridine rings is 1. The average Bonchev–Trinajstić information content (AvgIpc) is 2.88. The molecule has 1 saturated carbocycles. The summed E-state index contributed by atoms with van der Waals surface area (Å²) in [6, 6.07) is 13.8. The van der Waals surface area contributed by atoms with E-state index in [-0.39, 0.29) is 0 Å². The van der Waals surface area contributed by atoms with Crippen LogP contribution in [0.5, 0.6) is 0 Å². The van der Waals surface area contributed by atoms with Crippen LogP contribution in [0.25, 0.3) is 11.3 Å². The lowest BCUT2D eigenvalue weighted by molar-refractivity contribution is 0.230. The molecule has 1 fully saturated rings. The summed E-state index contributed by atoms with van der Waals surface area (Å²) in [6.45, 7) is 8.67. The Morgan fingerprint density at radius 1 is 0.853 bits per heavy atom. The third kappa shape index (κ3) is 8.40. The molecule has 0 N–H and O–H groups in total. The molecule has 0 saturated heterocycles. The van der Waals surface area contributed by atoms with Crippen LogP contribution in [-0.4, -0.2) is 4.98 Å². The van der Waals surface area contributed by atoms with Gasteiger partial charge >= 0.3 is 0 Å². The lowest BCUT2D eigenvalue weighted by Gasteiger charge is -2.34. The van der Waals surface area contributed by atoms with Gasteiger partial charge in [0, 0.05) is 11.8 Å². The Hall–Kier alpha value is -1.89. The van der Waals surface area contributed by atoms with Gasteiger partial charge in [-0.15, -0.1) is 6.58 Å². The van der Waals surface area contributed by atoms with Crippen molar-refractivity contribution in [3.63, 3.8) is 0 Å². The fourth-order valence-corrected chi connectivity index (χ4v) is 5.92. The summed E-state index contributed by atoms with van der Waals surface area (Å²) < 4.78 is 0. The molecule has 1 heteroatoms. The number of hydrogen-bond acceptors (Lipinski definition) is 1. The second kappa shape index (κ2) is 15.2. The van der Waals surface area contributed by atoms with Crippen LogP contribution in [0, 0.1) is 11.8 Å². The van der Waals surface area contributed by atoms with Gasteiger partial charge in [-0.05, 0) is 67.1 Å². The molecule has 1 aromatic carbocycles. The molecule has 1 heterocycles. The first kappa shape index (κ1) is 26.7. The average molecular weight is 460 g/mol. The topological polar surface area (TPSA) is 12.9 Å². The molecule has 1 unspecified atom stereocenters. The third-order valence-corrected chi connectivity index (χ3v) is 8.13. The first-order valence-corrected chi connectivity index (χ1v) is 14.4. The fourth-order valence-electron chi connectivity index (χ4n) is 5.92. The van der Waals surface area contributed by atoms with E-state index < -0.39 is 0 Å². The van der Waals surface area contributed by atoms with E-state index in [1.807, 2.05) is 0 Å². The van der Waals surface area contributed by atoms with Gasteiger partial charge < -0.3 is 0 Å². The zero-order valence-corrected chi connectivity index (χ0v) is 22.1. The minimum atomic E-state index is 0.617. The molecule has 0 bridgehead atoms.